The van der Waals surface area contributed by atoms with E-state index in [0.29, 0.717) is 27.9 Å². The first-order valence-electron chi connectivity index (χ1n) is 7.90. The van der Waals surface area contributed by atoms with Gasteiger partial charge in [-0.05, 0) is 25.2 Å². The Balaban J connectivity index is 1.69. The fourth-order valence-corrected chi connectivity index (χ4v) is 2.76. The number of halogens is 1. The maximum absolute atomic E-state index is 12.2. The molecule has 0 unspecified atom stereocenters. The molecule has 1 aromatic heterocycles. The summed E-state index contributed by atoms with van der Waals surface area (Å²) in [4.78, 5) is 24.9. The van der Waals surface area contributed by atoms with Gasteiger partial charge in [0.15, 0.2) is 11.6 Å². The molecule has 25 heavy (non-hydrogen) atoms. The molecule has 1 aliphatic rings. The number of anilines is 3. The SMILES string of the molecule is CN1CCN(c2ncnc(NNC(=O)c3cccc(Cl)c3)c2N)CC1. The molecule has 1 saturated heterocycles. The van der Waals surface area contributed by atoms with Gasteiger partial charge in [0.2, 0.25) is 0 Å². The Kier molecular flexibility index (Phi) is 5.20. The predicted molar refractivity (Wildman–Crippen MR) is 98.7 cm³/mol. The van der Waals surface area contributed by atoms with Gasteiger partial charge in [-0.25, -0.2) is 9.97 Å². The molecule has 9 heteroatoms. The first kappa shape index (κ1) is 17.2. The number of nitrogen functional groups attached to an aromatic ring is 1. The van der Waals surface area contributed by atoms with Gasteiger partial charge >= 0.3 is 0 Å². The van der Waals surface area contributed by atoms with E-state index in [1.165, 1.54) is 6.33 Å². The summed E-state index contributed by atoms with van der Waals surface area (Å²) in [6, 6.07) is 6.66. The number of rotatable bonds is 4. The molecule has 0 saturated carbocycles. The lowest BCUT2D eigenvalue weighted by Gasteiger charge is -2.33. The number of hydrazine groups is 1. The van der Waals surface area contributed by atoms with Crippen LogP contribution >= 0.6 is 11.6 Å². The highest BCUT2D eigenvalue weighted by molar-refractivity contribution is 6.30. The van der Waals surface area contributed by atoms with Crippen LogP contribution in [0.4, 0.5) is 17.3 Å². The molecule has 1 amide bonds. The Morgan fingerprint density at radius 1 is 1.24 bits per heavy atom. The summed E-state index contributed by atoms with van der Waals surface area (Å²) in [7, 11) is 2.08. The van der Waals surface area contributed by atoms with Crippen molar-refractivity contribution in [3.05, 3.63) is 41.2 Å². The Hall–Kier alpha value is -2.58. The summed E-state index contributed by atoms with van der Waals surface area (Å²) < 4.78 is 0. The number of carbonyl (C=O) groups is 1. The van der Waals surface area contributed by atoms with Crippen LogP contribution in [0.25, 0.3) is 0 Å². The topological polar surface area (TPSA) is 99.4 Å². The maximum Gasteiger partial charge on any atom is 0.269 e. The fraction of sp³-hybridized carbons (Fsp3) is 0.312. The Morgan fingerprint density at radius 3 is 2.72 bits per heavy atom. The number of nitrogens with zero attached hydrogens (tertiary/aromatic N) is 4. The summed E-state index contributed by atoms with van der Waals surface area (Å²) in [6.45, 7) is 3.56. The number of carbonyl (C=O) groups excluding carboxylic acids is 1. The van der Waals surface area contributed by atoms with Crippen LogP contribution in [0.2, 0.25) is 5.02 Å². The van der Waals surface area contributed by atoms with Gasteiger partial charge in [0.1, 0.15) is 12.0 Å². The Bertz CT molecular complexity index is 762. The van der Waals surface area contributed by atoms with Gasteiger partial charge in [-0.15, -0.1) is 0 Å². The van der Waals surface area contributed by atoms with E-state index in [9.17, 15) is 4.79 Å². The monoisotopic (exact) mass is 361 g/mol. The van der Waals surface area contributed by atoms with Gasteiger partial charge in [-0.2, -0.15) is 0 Å². The van der Waals surface area contributed by atoms with Gasteiger partial charge in [-0.3, -0.25) is 15.6 Å². The predicted octanol–water partition coefficient (Wildman–Crippen LogP) is 1.22. The molecule has 0 spiro atoms. The molecule has 1 aromatic carbocycles. The third-order valence-corrected chi connectivity index (χ3v) is 4.28. The molecule has 3 rings (SSSR count). The van der Waals surface area contributed by atoms with Crippen LogP contribution in [0.15, 0.2) is 30.6 Å². The van der Waals surface area contributed by atoms with Crippen molar-refractivity contribution < 1.29 is 4.79 Å². The van der Waals surface area contributed by atoms with E-state index >= 15 is 0 Å². The zero-order valence-electron chi connectivity index (χ0n) is 13.9. The standard InChI is InChI=1S/C16H20ClN7O/c1-23-5-7-24(8-6-23)15-13(18)14(19-10-20-15)21-22-16(25)11-3-2-4-12(17)9-11/h2-4,9-10H,5-8,18H2,1H3,(H,22,25)(H,19,20,21). The molecule has 8 nitrogen and oxygen atoms in total. The minimum absolute atomic E-state index is 0.332. The fourth-order valence-electron chi connectivity index (χ4n) is 2.57. The average molecular weight is 362 g/mol. The van der Waals surface area contributed by atoms with Gasteiger partial charge in [-0.1, -0.05) is 17.7 Å². The Labute approximate surface area is 151 Å². The second kappa shape index (κ2) is 7.54. The van der Waals surface area contributed by atoms with Crippen molar-refractivity contribution in [1.29, 1.82) is 0 Å². The zero-order valence-corrected chi connectivity index (χ0v) is 14.6. The second-order valence-corrected chi connectivity index (χ2v) is 6.28. The van der Waals surface area contributed by atoms with Gasteiger partial charge in [0, 0.05) is 36.8 Å². The van der Waals surface area contributed by atoms with Crippen molar-refractivity contribution in [2.75, 3.05) is 49.3 Å². The lowest BCUT2D eigenvalue weighted by molar-refractivity contribution is 0.0962. The van der Waals surface area contributed by atoms with Crippen LogP contribution in [0, 0.1) is 0 Å². The molecule has 132 valence electrons. The summed E-state index contributed by atoms with van der Waals surface area (Å²) in [6.07, 6.45) is 1.43. The summed E-state index contributed by atoms with van der Waals surface area (Å²) in [5.74, 6) is 0.698. The number of nitrogens with one attached hydrogen (secondary N) is 2. The molecule has 4 N–H and O–H groups in total. The third kappa shape index (κ3) is 4.09. The highest BCUT2D eigenvalue weighted by Crippen LogP contribution is 2.26. The number of nitrogens with two attached hydrogens (primary N) is 1. The Morgan fingerprint density at radius 2 is 2.00 bits per heavy atom. The van der Waals surface area contributed by atoms with E-state index in [0.717, 1.165) is 26.2 Å². The van der Waals surface area contributed by atoms with Crippen LogP contribution in [-0.4, -0.2) is 54.0 Å². The smallest absolute Gasteiger partial charge is 0.269 e. The van der Waals surface area contributed by atoms with Crippen molar-refractivity contribution in [3.63, 3.8) is 0 Å². The number of hydrogen-bond donors (Lipinski definition) is 3. The molecule has 0 aliphatic carbocycles. The number of likely N-dealkylation sites (N-methyl/N-ethyl adjacent to an activating group) is 1. The van der Waals surface area contributed by atoms with E-state index in [1.54, 1.807) is 24.3 Å². The number of benzene rings is 1. The van der Waals surface area contributed by atoms with E-state index < -0.39 is 0 Å². The molecule has 0 radical (unpaired) electrons. The van der Waals surface area contributed by atoms with Gasteiger partial charge < -0.3 is 15.5 Å². The maximum atomic E-state index is 12.2. The van der Waals surface area contributed by atoms with Crippen molar-refractivity contribution >= 4 is 34.8 Å². The van der Waals surface area contributed by atoms with Crippen LogP contribution in [0.5, 0.6) is 0 Å². The van der Waals surface area contributed by atoms with Crippen molar-refractivity contribution in [2.45, 2.75) is 0 Å². The third-order valence-electron chi connectivity index (χ3n) is 4.05. The molecule has 1 aliphatic heterocycles. The zero-order chi connectivity index (χ0) is 17.8. The molecule has 2 heterocycles. The number of hydrogen-bond acceptors (Lipinski definition) is 7. The van der Waals surface area contributed by atoms with Gasteiger partial charge in [0.05, 0.1) is 0 Å². The number of amides is 1. The lowest BCUT2D eigenvalue weighted by atomic mass is 10.2. The van der Waals surface area contributed by atoms with Crippen molar-refractivity contribution in [2.24, 2.45) is 0 Å². The molecular weight excluding hydrogens is 342 g/mol. The van der Waals surface area contributed by atoms with E-state index in [1.807, 2.05) is 0 Å². The highest BCUT2D eigenvalue weighted by atomic mass is 35.5. The van der Waals surface area contributed by atoms with Crippen LogP contribution in [-0.2, 0) is 0 Å². The minimum atomic E-state index is -0.332. The largest absolute Gasteiger partial charge is 0.393 e. The summed E-state index contributed by atoms with van der Waals surface area (Å²) in [5, 5.41) is 0.492. The van der Waals surface area contributed by atoms with E-state index in [4.69, 9.17) is 17.3 Å². The van der Waals surface area contributed by atoms with Gasteiger partial charge in [0.25, 0.3) is 5.91 Å². The lowest BCUT2D eigenvalue weighted by Crippen LogP contribution is -2.45. The molecule has 0 atom stereocenters. The first-order valence-corrected chi connectivity index (χ1v) is 8.28. The molecular formula is C16H20ClN7O. The quantitative estimate of drug-likeness (QED) is 0.704. The molecule has 0 bridgehead atoms. The average Bonchev–Trinajstić information content (AvgIpc) is 2.61. The number of piperazine rings is 1. The van der Waals surface area contributed by atoms with Crippen molar-refractivity contribution in [1.82, 2.24) is 20.3 Å². The van der Waals surface area contributed by atoms with Crippen molar-refractivity contribution in [3.8, 4) is 0 Å². The highest BCUT2D eigenvalue weighted by Gasteiger charge is 2.19. The van der Waals surface area contributed by atoms with Crippen LogP contribution < -0.4 is 21.5 Å². The normalized spacial score (nSPS) is 15.0. The van der Waals surface area contributed by atoms with E-state index in [2.05, 4.69) is 37.7 Å². The summed E-state index contributed by atoms with van der Waals surface area (Å²) in [5.41, 5.74) is 12.4. The minimum Gasteiger partial charge on any atom is -0.393 e. The first-order chi connectivity index (χ1) is 12.0. The summed E-state index contributed by atoms with van der Waals surface area (Å²) >= 11 is 5.90. The second-order valence-electron chi connectivity index (χ2n) is 5.84. The molecule has 2 aromatic rings. The number of aromatic nitrogens is 2. The van der Waals surface area contributed by atoms with E-state index in [-0.39, 0.29) is 5.91 Å². The van der Waals surface area contributed by atoms with Crippen LogP contribution in [0.1, 0.15) is 10.4 Å². The molecule has 1 fully saturated rings. The van der Waals surface area contributed by atoms with Crippen LogP contribution in [0.3, 0.4) is 0 Å².